The van der Waals surface area contributed by atoms with Gasteiger partial charge in [0.2, 0.25) is 6.23 Å². The number of aromatic nitrogens is 1. The van der Waals surface area contributed by atoms with Crippen molar-refractivity contribution in [2.45, 2.75) is 19.6 Å². The van der Waals surface area contributed by atoms with E-state index < -0.39 is 39.0 Å². The van der Waals surface area contributed by atoms with Crippen LogP contribution < -0.4 is 0 Å². The Balaban J connectivity index is 2.47. The Morgan fingerprint density at radius 1 is 1.43 bits per heavy atom. The summed E-state index contributed by atoms with van der Waals surface area (Å²) in [5, 5.41) is 0.815. The number of likely N-dealkylation sites (N-methyl/N-ethyl adjacent to an activating group) is 1. The van der Waals surface area contributed by atoms with Gasteiger partial charge in [-0.25, -0.2) is 9.09 Å². The first-order valence-corrected chi connectivity index (χ1v) is 7.89. The van der Waals surface area contributed by atoms with E-state index in [1.807, 2.05) is 18.2 Å². The third-order valence-electron chi connectivity index (χ3n) is 3.32. The number of rotatable bonds is 6. The summed E-state index contributed by atoms with van der Waals surface area (Å²) in [6.45, 7) is -5.60. The lowest BCUT2D eigenvalue weighted by atomic mass is 10.1. The number of fused-ring (bicyclic) bond motifs is 1. The molecule has 7 heteroatoms. The number of hydrogen-bond donors (Lipinski definition) is 3. The molecule has 1 atom stereocenters. The SMILES string of the molecule is [2H]C([2H])([2H])[N+](CCc1c[nH]c2ccccc12)(C(C)OP(=O)(O)O)C([2H])([2H])[2H]. The predicted octanol–water partition coefficient (Wildman–Crippen LogP) is 2.24. The van der Waals surface area contributed by atoms with Gasteiger partial charge in [0.25, 0.3) is 0 Å². The van der Waals surface area contributed by atoms with Crippen molar-refractivity contribution in [3.63, 3.8) is 0 Å². The highest BCUT2D eigenvalue weighted by Crippen LogP contribution is 2.39. The molecule has 0 aliphatic rings. The second-order valence-corrected chi connectivity index (χ2v) is 6.09. The van der Waals surface area contributed by atoms with Gasteiger partial charge >= 0.3 is 7.82 Å². The minimum Gasteiger partial charge on any atom is -0.361 e. The molecule has 0 fully saturated rings. The van der Waals surface area contributed by atoms with Gasteiger partial charge in [0, 0.05) is 30.4 Å². The van der Waals surface area contributed by atoms with E-state index in [0.717, 1.165) is 17.8 Å². The molecule has 0 aliphatic carbocycles. The maximum Gasteiger partial charge on any atom is 0.474 e. The Morgan fingerprint density at radius 3 is 2.81 bits per heavy atom. The summed E-state index contributed by atoms with van der Waals surface area (Å²) in [6.07, 6.45) is -0.0845. The summed E-state index contributed by atoms with van der Waals surface area (Å²) in [7, 11) is -5.10. The third-order valence-corrected chi connectivity index (χ3v) is 3.90. The topological polar surface area (TPSA) is 82.6 Å². The summed E-state index contributed by atoms with van der Waals surface area (Å²) in [6, 6.07) is 7.27. The smallest absolute Gasteiger partial charge is 0.361 e. The molecule has 0 saturated carbocycles. The van der Waals surface area contributed by atoms with Crippen molar-refractivity contribution in [2.24, 2.45) is 0 Å². The average molecular weight is 319 g/mol. The number of phosphoric ester groups is 1. The minimum absolute atomic E-state index is 0.0512. The van der Waals surface area contributed by atoms with Gasteiger partial charge in [-0.3, -0.25) is 0 Å². The molecule has 0 saturated heterocycles. The molecule has 0 amide bonds. The summed E-state index contributed by atoms with van der Waals surface area (Å²) in [5.74, 6) is 0. The quantitative estimate of drug-likeness (QED) is 0.433. The van der Waals surface area contributed by atoms with Crippen LogP contribution in [0.4, 0.5) is 0 Å². The van der Waals surface area contributed by atoms with Gasteiger partial charge in [0.1, 0.15) is 0 Å². The molecule has 0 radical (unpaired) electrons. The maximum atomic E-state index is 11.2. The first-order valence-electron chi connectivity index (χ1n) is 9.36. The van der Waals surface area contributed by atoms with Crippen LogP contribution in [0, 0.1) is 0 Å². The molecule has 21 heavy (non-hydrogen) atoms. The molecular formula is C14H22N2O4P+. The molecule has 2 rings (SSSR count). The molecule has 2 aromatic rings. The van der Waals surface area contributed by atoms with Crippen molar-refractivity contribution in [3.8, 4) is 0 Å². The molecule has 1 aromatic heterocycles. The summed E-state index contributed by atoms with van der Waals surface area (Å²) < 4.78 is 61.1. The zero-order valence-electron chi connectivity index (χ0n) is 17.5. The fourth-order valence-electron chi connectivity index (χ4n) is 2.10. The van der Waals surface area contributed by atoms with Crippen LogP contribution in [0.25, 0.3) is 10.9 Å². The number of quaternary nitrogens is 1. The van der Waals surface area contributed by atoms with Crippen LogP contribution in [0.3, 0.4) is 0 Å². The van der Waals surface area contributed by atoms with Gasteiger partial charge in [0.05, 0.1) is 28.7 Å². The van der Waals surface area contributed by atoms with Gasteiger partial charge in [-0.1, -0.05) is 18.2 Å². The lowest BCUT2D eigenvalue weighted by Gasteiger charge is -2.35. The van der Waals surface area contributed by atoms with Crippen molar-refractivity contribution >= 4 is 18.7 Å². The van der Waals surface area contributed by atoms with Crippen molar-refractivity contribution in [1.29, 1.82) is 0 Å². The fraction of sp³-hybridized carbons (Fsp3) is 0.429. The van der Waals surface area contributed by atoms with Crippen LogP contribution in [0.5, 0.6) is 0 Å². The minimum atomic E-state index is -5.10. The summed E-state index contributed by atoms with van der Waals surface area (Å²) >= 11 is 0. The number of nitrogens with zero attached hydrogens (tertiary/aromatic N) is 1. The number of para-hydroxylation sites is 1. The van der Waals surface area contributed by atoms with E-state index in [1.165, 1.54) is 0 Å². The molecule has 0 bridgehead atoms. The highest BCUT2D eigenvalue weighted by atomic mass is 31.2. The van der Waals surface area contributed by atoms with Gasteiger partial charge in [-0.15, -0.1) is 0 Å². The number of benzene rings is 1. The predicted molar refractivity (Wildman–Crippen MR) is 81.6 cm³/mol. The molecule has 116 valence electrons. The van der Waals surface area contributed by atoms with E-state index in [9.17, 15) is 4.57 Å². The second kappa shape index (κ2) is 5.91. The number of phosphoric acid groups is 1. The van der Waals surface area contributed by atoms with Gasteiger partial charge in [0.15, 0.2) is 0 Å². The molecule has 6 nitrogen and oxygen atoms in total. The van der Waals surface area contributed by atoms with Crippen molar-refractivity contribution in [1.82, 2.24) is 4.98 Å². The highest BCUT2D eigenvalue weighted by molar-refractivity contribution is 7.46. The largest absolute Gasteiger partial charge is 0.474 e. The Labute approximate surface area is 132 Å². The Kier molecular flexibility index (Phi) is 2.75. The third kappa shape index (κ3) is 4.15. The average Bonchev–Trinajstić information content (AvgIpc) is 2.86. The van der Waals surface area contributed by atoms with E-state index >= 15 is 0 Å². The normalized spacial score (nSPS) is 20.0. The molecule has 0 spiro atoms. The van der Waals surface area contributed by atoms with Crippen molar-refractivity contribution < 1.29 is 31.6 Å². The van der Waals surface area contributed by atoms with Crippen molar-refractivity contribution in [2.75, 3.05) is 20.5 Å². The molecule has 0 aliphatic heterocycles. The lowest BCUT2D eigenvalue weighted by Crippen LogP contribution is -2.49. The molecule has 1 unspecified atom stereocenters. The van der Waals surface area contributed by atoms with Gasteiger partial charge in [-0.05, 0) is 11.6 Å². The number of aromatic amines is 1. The van der Waals surface area contributed by atoms with E-state index in [2.05, 4.69) is 9.51 Å². The van der Waals surface area contributed by atoms with Crippen molar-refractivity contribution in [3.05, 3.63) is 36.0 Å². The molecular weight excluding hydrogens is 291 g/mol. The number of H-pyrrole nitrogens is 1. The van der Waals surface area contributed by atoms with Gasteiger partial charge in [-0.2, -0.15) is 0 Å². The molecule has 1 aromatic carbocycles. The highest BCUT2D eigenvalue weighted by Gasteiger charge is 2.31. The summed E-state index contributed by atoms with van der Waals surface area (Å²) in [5.41, 5.74) is 1.51. The maximum absolute atomic E-state index is 11.2. The van der Waals surface area contributed by atoms with Crippen LogP contribution in [-0.4, -0.2) is 46.0 Å². The first-order chi connectivity index (χ1) is 12.2. The standard InChI is InChI=1S/C14H21N2O4P/c1-11(20-21(17,18)19)16(2,3)9-8-12-10-15-14-7-5-4-6-13(12)14/h4-7,10-11,15H,8-9H2,1-3H3,(H-,17,18,19)/p+1/i2D3,3D3. The monoisotopic (exact) mass is 319 g/mol. The molecule has 1 heterocycles. The van der Waals surface area contributed by atoms with E-state index in [0.29, 0.717) is 5.56 Å². The lowest BCUT2D eigenvalue weighted by molar-refractivity contribution is -0.931. The Hall–Kier alpha value is -1.17. The zero-order chi connectivity index (χ0) is 20.7. The number of hydrogen-bond acceptors (Lipinski definition) is 2. The fourth-order valence-corrected chi connectivity index (χ4v) is 2.65. The van der Waals surface area contributed by atoms with Crippen LogP contribution in [-0.2, 0) is 15.5 Å². The van der Waals surface area contributed by atoms with E-state index in [1.54, 1.807) is 12.3 Å². The van der Waals surface area contributed by atoms with Crippen LogP contribution in [0.1, 0.15) is 20.7 Å². The van der Waals surface area contributed by atoms with Crippen LogP contribution in [0.2, 0.25) is 0 Å². The Bertz CT molecular complexity index is 830. The van der Waals surface area contributed by atoms with Gasteiger partial charge < -0.3 is 19.3 Å². The second-order valence-electron chi connectivity index (χ2n) is 4.90. The van der Waals surface area contributed by atoms with Crippen LogP contribution in [0.15, 0.2) is 30.5 Å². The number of nitrogens with one attached hydrogen (secondary N) is 1. The zero-order valence-corrected chi connectivity index (χ0v) is 12.4. The first kappa shape index (κ1) is 9.77. The van der Waals surface area contributed by atoms with Crippen LogP contribution >= 0.6 is 7.82 Å². The summed E-state index contributed by atoms with van der Waals surface area (Å²) in [4.78, 5) is 21.2. The Morgan fingerprint density at radius 2 is 2.14 bits per heavy atom. The molecule has 3 N–H and O–H groups in total. The van der Waals surface area contributed by atoms with E-state index in [4.69, 9.17) is 18.0 Å². The van der Waals surface area contributed by atoms with E-state index in [-0.39, 0.29) is 6.42 Å².